The third kappa shape index (κ3) is 2.36. The van der Waals surface area contributed by atoms with E-state index in [1.807, 2.05) is 12.1 Å². The quantitative estimate of drug-likeness (QED) is 0.922. The summed E-state index contributed by atoms with van der Waals surface area (Å²) in [6.07, 6.45) is 4.54. The lowest BCUT2D eigenvalue weighted by atomic mass is 10.1. The summed E-state index contributed by atoms with van der Waals surface area (Å²) in [5, 5.41) is -0.163. The molecule has 0 bridgehead atoms. The zero-order valence-electron chi connectivity index (χ0n) is 10.0. The number of hydrogen-bond acceptors (Lipinski definition) is 3. The zero-order chi connectivity index (χ0) is 13.0. The smallest absolute Gasteiger partial charge is 0.182 e. The summed E-state index contributed by atoms with van der Waals surface area (Å²) in [4.78, 5) is 0.426. The molecule has 98 valence electrons. The van der Waals surface area contributed by atoms with Gasteiger partial charge in [-0.25, -0.2) is 8.42 Å². The summed E-state index contributed by atoms with van der Waals surface area (Å²) >= 11 is 3.39. The van der Waals surface area contributed by atoms with Gasteiger partial charge in [-0.1, -0.05) is 6.07 Å². The van der Waals surface area contributed by atoms with Gasteiger partial charge in [-0.3, -0.25) is 0 Å². The van der Waals surface area contributed by atoms with Crippen LogP contribution in [0.2, 0.25) is 0 Å². The number of benzene rings is 1. The standard InChI is InChI=1S/C13H16BrNO2S/c14-11-7-9(8-13(15)5-6-13)1-4-12(11)18(16,17)10-2-3-10/h1,4,7,10H,2-3,5-6,8,15H2. The van der Waals surface area contributed by atoms with Gasteiger partial charge >= 0.3 is 0 Å². The molecule has 0 heterocycles. The molecule has 0 atom stereocenters. The summed E-state index contributed by atoms with van der Waals surface area (Å²) in [6, 6.07) is 5.52. The second-order valence-electron chi connectivity index (χ2n) is 5.55. The van der Waals surface area contributed by atoms with E-state index in [4.69, 9.17) is 5.73 Å². The van der Waals surface area contributed by atoms with Crippen molar-refractivity contribution in [2.24, 2.45) is 5.73 Å². The SMILES string of the molecule is NC1(Cc2ccc(S(=O)(=O)C3CC3)c(Br)c2)CC1. The maximum atomic E-state index is 12.2. The van der Waals surface area contributed by atoms with E-state index >= 15 is 0 Å². The minimum absolute atomic E-state index is 0.0453. The van der Waals surface area contributed by atoms with E-state index in [0.717, 1.165) is 37.7 Å². The maximum absolute atomic E-state index is 12.2. The Morgan fingerprint density at radius 3 is 2.50 bits per heavy atom. The molecule has 2 aliphatic carbocycles. The Morgan fingerprint density at radius 2 is 2.00 bits per heavy atom. The predicted octanol–water partition coefficient (Wildman–Crippen LogP) is 2.42. The third-order valence-corrected chi connectivity index (χ3v) is 6.95. The normalized spacial score (nSPS) is 21.9. The summed E-state index contributed by atoms with van der Waals surface area (Å²) in [5.74, 6) is 0. The Kier molecular flexibility index (Phi) is 2.84. The molecule has 0 saturated heterocycles. The van der Waals surface area contributed by atoms with Crippen molar-refractivity contribution in [3.05, 3.63) is 28.2 Å². The average molecular weight is 330 g/mol. The summed E-state index contributed by atoms with van der Waals surface area (Å²) in [6.45, 7) is 0. The molecule has 3 rings (SSSR count). The predicted molar refractivity (Wildman–Crippen MR) is 74.2 cm³/mol. The number of hydrogen-bond donors (Lipinski definition) is 1. The molecule has 0 unspecified atom stereocenters. The molecule has 0 aliphatic heterocycles. The van der Waals surface area contributed by atoms with Gasteiger partial charge in [-0.05, 0) is 65.7 Å². The average Bonchev–Trinajstić information content (AvgIpc) is 3.12. The molecule has 5 heteroatoms. The Balaban J connectivity index is 1.89. The van der Waals surface area contributed by atoms with Crippen molar-refractivity contribution < 1.29 is 8.42 Å². The molecular formula is C13H16BrNO2S. The Hall–Kier alpha value is -0.390. The van der Waals surface area contributed by atoms with Crippen LogP contribution in [0.15, 0.2) is 27.6 Å². The number of rotatable bonds is 4. The molecule has 0 amide bonds. The van der Waals surface area contributed by atoms with Crippen molar-refractivity contribution >= 4 is 25.8 Å². The van der Waals surface area contributed by atoms with Gasteiger partial charge in [0.1, 0.15) is 0 Å². The van der Waals surface area contributed by atoms with Gasteiger partial charge in [-0.15, -0.1) is 0 Å². The van der Waals surface area contributed by atoms with E-state index in [-0.39, 0.29) is 10.8 Å². The molecule has 1 aromatic carbocycles. The molecule has 3 nitrogen and oxygen atoms in total. The van der Waals surface area contributed by atoms with Gasteiger partial charge < -0.3 is 5.73 Å². The van der Waals surface area contributed by atoms with Crippen LogP contribution in [0.1, 0.15) is 31.2 Å². The summed E-state index contributed by atoms with van der Waals surface area (Å²) in [5.41, 5.74) is 7.14. The largest absolute Gasteiger partial charge is 0.325 e. The minimum atomic E-state index is -3.12. The minimum Gasteiger partial charge on any atom is -0.325 e. The molecule has 2 N–H and O–H groups in total. The van der Waals surface area contributed by atoms with Crippen molar-refractivity contribution in [1.82, 2.24) is 0 Å². The molecule has 2 aliphatic rings. The molecular weight excluding hydrogens is 314 g/mol. The van der Waals surface area contributed by atoms with Crippen molar-refractivity contribution in [3.63, 3.8) is 0 Å². The van der Waals surface area contributed by atoms with Gasteiger partial charge in [0.05, 0.1) is 10.1 Å². The monoisotopic (exact) mass is 329 g/mol. The first-order valence-corrected chi connectivity index (χ1v) is 8.56. The number of nitrogens with two attached hydrogens (primary N) is 1. The molecule has 2 saturated carbocycles. The fourth-order valence-corrected chi connectivity index (χ4v) is 4.99. The first-order chi connectivity index (χ1) is 8.41. The van der Waals surface area contributed by atoms with Crippen LogP contribution in [-0.2, 0) is 16.3 Å². The zero-order valence-corrected chi connectivity index (χ0v) is 12.4. The fourth-order valence-electron chi connectivity index (χ4n) is 2.19. The lowest BCUT2D eigenvalue weighted by molar-refractivity contribution is 0.594. The highest BCUT2D eigenvalue weighted by molar-refractivity contribution is 9.10. The highest BCUT2D eigenvalue weighted by Gasteiger charge is 2.39. The van der Waals surface area contributed by atoms with Crippen LogP contribution in [0.3, 0.4) is 0 Å². The van der Waals surface area contributed by atoms with Crippen LogP contribution in [0.5, 0.6) is 0 Å². The van der Waals surface area contributed by atoms with Crippen LogP contribution < -0.4 is 5.73 Å². The second kappa shape index (κ2) is 4.05. The van der Waals surface area contributed by atoms with Crippen LogP contribution in [-0.4, -0.2) is 19.2 Å². The van der Waals surface area contributed by atoms with E-state index in [1.54, 1.807) is 6.07 Å². The first kappa shape index (κ1) is 12.6. The van der Waals surface area contributed by atoms with Gasteiger partial charge in [0, 0.05) is 10.0 Å². The van der Waals surface area contributed by atoms with Crippen molar-refractivity contribution in [2.45, 2.75) is 47.8 Å². The van der Waals surface area contributed by atoms with E-state index in [1.165, 1.54) is 0 Å². The molecule has 0 radical (unpaired) electrons. The fraction of sp³-hybridized carbons (Fsp3) is 0.538. The van der Waals surface area contributed by atoms with Gasteiger partial charge in [0.15, 0.2) is 9.84 Å². The van der Waals surface area contributed by atoms with Gasteiger partial charge in [0.2, 0.25) is 0 Å². The van der Waals surface area contributed by atoms with Crippen molar-refractivity contribution in [3.8, 4) is 0 Å². The Bertz CT molecular complexity index is 589. The van der Waals surface area contributed by atoms with Crippen LogP contribution in [0, 0.1) is 0 Å². The highest BCUT2D eigenvalue weighted by Crippen LogP contribution is 2.39. The second-order valence-corrected chi connectivity index (χ2v) is 8.60. The molecule has 2 fully saturated rings. The van der Waals surface area contributed by atoms with Gasteiger partial charge in [-0.2, -0.15) is 0 Å². The van der Waals surface area contributed by atoms with Crippen LogP contribution in [0.25, 0.3) is 0 Å². The summed E-state index contributed by atoms with van der Waals surface area (Å²) in [7, 11) is -3.12. The topological polar surface area (TPSA) is 60.2 Å². The molecule has 0 aromatic heterocycles. The van der Waals surface area contributed by atoms with Crippen molar-refractivity contribution in [2.75, 3.05) is 0 Å². The van der Waals surface area contributed by atoms with Crippen molar-refractivity contribution in [1.29, 1.82) is 0 Å². The van der Waals surface area contributed by atoms with E-state index in [2.05, 4.69) is 15.9 Å². The van der Waals surface area contributed by atoms with Gasteiger partial charge in [0.25, 0.3) is 0 Å². The third-order valence-electron chi connectivity index (χ3n) is 3.71. The molecule has 1 aromatic rings. The number of sulfone groups is 1. The Labute approximate surface area is 116 Å². The highest BCUT2D eigenvalue weighted by atomic mass is 79.9. The van der Waals surface area contributed by atoms with E-state index < -0.39 is 9.84 Å². The van der Waals surface area contributed by atoms with E-state index in [9.17, 15) is 8.42 Å². The van der Waals surface area contributed by atoms with E-state index in [0.29, 0.717) is 9.37 Å². The lowest BCUT2D eigenvalue weighted by Crippen LogP contribution is -2.24. The van der Waals surface area contributed by atoms with Crippen LogP contribution >= 0.6 is 15.9 Å². The molecule has 18 heavy (non-hydrogen) atoms. The Morgan fingerprint density at radius 1 is 1.33 bits per heavy atom. The van der Waals surface area contributed by atoms with Crippen LogP contribution in [0.4, 0.5) is 0 Å². The number of halogens is 1. The lowest BCUT2D eigenvalue weighted by Gasteiger charge is -2.11. The summed E-state index contributed by atoms with van der Waals surface area (Å²) < 4.78 is 25.0. The molecule has 0 spiro atoms. The maximum Gasteiger partial charge on any atom is 0.182 e. The first-order valence-electron chi connectivity index (χ1n) is 6.22.